The number of nitrogens with zero attached hydrogens (tertiary/aromatic N) is 3. The molecule has 5 N–H and O–H groups in total. The third-order valence-electron chi connectivity index (χ3n) is 6.34. The van der Waals surface area contributed by atoms with E-state index in [1.807, 2.05) is 25.1 Å². The first-order valence-corrected chi connectivity index (χ1v) is 14.5. The van der Waals surface area contributed by atoms with Gasteiger partial charge >= 0.3 is 12.0 Å². The molecular weight excluding hydrogens is 562 g/mol. The minimum Gasteiger partial charge on any atom is -0.481 e. The predicted octanol–water partition coefficient (Wildman–Crippen LogP) is 2.95. The second-order valence-corrected chi connectivity index (χ2v) is 11.6. The summed E-state index contributed by atoms with van der Waals surface area (Å²) in [5, 5.41) is 16.5. The Morgan fingerprint density at radius 2 is 1.76 bits per heavy atom. The van der Waals surface area contributed by atoms with Crippen molar-refractivity contribution < 1.29 is 27.9 Å². The standard InChI is InChI=1S/C28H31N7O6S/c1-18-5-3-4-6-22(18)32-28(39)31-21-10-7-19(8-11-21)13-25(36)33-24-12-9-20(15-29-24)23(14-27(37)38)34-42(40,41)26-16-35(2)17-30-26/h3-12,15,17,23,26,34H,13-14,16H2,1-2H3,(H,37,38)(H,29,33,36)(H2,31,32,39). The highest BCUT2D eigenvalue weighted by Crippen LogP contribution is 2.21. The van der Waals surface area contributed by atoms with Gasteiger partial charge in [-0.3, -0.25) is 14.6 Å². The van der Waals surface area contributed by atoms with E-state index in [9.17, 15) is 27.9 Å². The third kappa shape index (κ3) is 8.34. The number of aromatic nitrogens is 1. The maximum absolute atomic E-state index is 12.7. The number of aryl methyl sites for hydroxylation is 1. The van der Waals surface area contributed by atoms with E-state index >= 15 is 0 Å². The van der Waals surface area contributed by atoms with Crippen molar-refractivity contribution in [3.63, 3.8) is 0 Å². The van der Waals surface area contributed by atoms with Crippen molar-refractivity contribution in [2.75, 3.05) is 29.5 Å². The molecule has 3 amide bonds. The van der Waals surface area contributed by atoms with Crippen LogP contribution in [-0.2, 0) is 26.0 Å². The first-order chi connectivity index (χ1) is 20.0. The molecule has 4 rings (SSSR count). The fourth-order valence-electron chi connectivity index (χ4n) is 4.15. The molecule has 1 aliphatic rings. The fraction of sp³-hybridized carbons (Fsp3) is 0.250. The number of likely N-dealkylation sites (N-methyl/N-ethyl adjacent to an activating group) is 1. The van der Waals surface area contributed by atoms with Gasteiger partial charge in [0.15, 0.2) is 5.37 Å². The van der Waals surface area contributed by atoms with E-state index in [4.69, 9.17) is 0 Å². The van der Waals surface area contributed by atoms with Gasteiger partial charge < -0.3 is 26.0 Å². The number of carboxylic acid groups (broad SMARTS) is 1. The number of nitrogens with one attached hydrogen (secondary N) is 4. The van der Waals surface area contributed by atoms with Crippen molar-refractivity contribution in [2.45, 2.75) is 31.2 Å². The van der Waals surface area contributed by atoms with Crippen LogP contribution in [0.3, 0.4) is 0 Å². The van der Waals surface area contributed by atoms with Gasteiger partial charge in [-0.2, -0.15) is 0 Å². The Morgan fingerprint density at radius 3 is 2.38 bits per heavy atom. The minimum atomic E-state index is -3.95. The van der Waals surface area contributed by atoms with Crippen LogP contribution in [-0.4, -0.2) is 66.6 Å². The number of rotatable bonds is 11. The van der Waals surface area contributed by atoms with Gasteiger partial charge in [-0.1, -0.05) is 36.4 Å². The van der Waals surface area contributed by atoms with E-state index in [2.05, 4.69) is 30.6 Å². The van der Waals surface area contributed by atoms with Crippen LogP contribution < -0.4 is 20.7 Å². The van der Waals surface area contributed by atoms with Crippen molar-refractivity contribution in [1.82, 2.24) is 14.6 Å². The molecule has 1 aliphatic heterocycles. The number of hydrogen-bond donors (Lipinski definition) is 5. The number of benzene rings is 2. The number of pyridine rings is 1. The number of carbonyl (C=O) groups is 3. The highest BCUT2D eigenvalue weighted by molar-refractivity contribution is 7.90. The van der Waals surface area contributed by atoms with Crippen LogP contribution in [0.25, 0.3) is 0 Å². The largest absolute Gasteiger partial charge is 0.481 e. The Hall–Kier alpha value is -4.82. The second kappa shape index (κ2) is 13.2. The monoisotopic (exact) mass is 593 g/mol. The number of aliphatic imine (C=N–C) groups is 1. The first-order valence-electron chi connectivity index (χ1n) is 12.9. The molecule has 0 fully saturated rings. The highest BCUT2D eigenvalue weighted by Gasteiger charge is 2.32. The molecule has 0 spiro atoms. The van der Waals surface area contributed by atoms with Gasteiger partial charge in [-0.25, -0.2) is 22.9 Å². The molecule has 2 atom stereocenters. The summed E-state index contributed by atoms with van der Waals surface area (Å²) in [4.78, 5) is 46.0. The van der Waals surface area contributed by atoms with Gasteiger partial charge in [-0.15, -0.1) is 0 Å². The fourth-order valence-corrected chi connectivity index (χ4v) is 5.57. The molecule has 2 aromatic carbocycles. The van der Waals surface area contributed by atoms with Crippen LogP contribution in [0.1, 0.15) is 29.2 Å². The zero-order valence-electron chi connectivity index (χ0n) is 22.9. The summed E-state index contributed by atoms with van der Waals surface area (Å²) in [6, 6.07) is 15.7. The van der Waals surface area contributed by atoms with Crippen molar-refractivity contribution in [1.29, 1.82) is 0 Å². The molecule has 0 radical (unpaired) electrons. The van der Waals surface area contributed by atoms with Crippen molar-refractivity contribution in [3.05, 3.63) is 83.6 Å². The van der Waals surface area contributed by atoms with E-state index in [1.54, 1.807) is 42.3 Å². The van der Waals surface area contributed by atoms with Gasteiger partial charge in [0.25, 0.3) is 0 Å². The molecule has 1 aromatic heterocycles. The Kier molecular flexibility index (Phi) is 9.49. The number of para-hydroxylation sites is 1. The molecule has 0 bridgehead atoms. The molecule has 0 aliphatic carbocycles. The summed E-state index contributed by atoms with van der Waals surface area (Å²) in [6.07, 6.45) is 2.26. The summed E-state index contributed by atoms with van der Waals surface area (Å²) >= 11 is 0. The van der Waals surface area contributed by atoms with Gasteiger partial charge in [0.1, 0.15) is 5.82 Å². The topological polar surface area (TPSA) is 182 Å². The molecule has 13 nitrogen and oxygen atoms in total. The van der Waals surface area contributed by atoms with Crippen molar-refractivity contribution in [2.24, 2.45) is 4.99 Å². The van der Waals surface area contributed by atoms with Crippen molar-refractivity contribution in [3.8, 4) is 0 Å². The van der Waals surface area contributed by atoms with Crippen LogP contribution in [0.15, 0.2) is 71.9 Å². The summed E-state index contributed by atoms with van der Waals surface area (Å²) in [5.74, 6) is -1.33. The van der Waals surface area contributed by atoms with Gasteiger partial charge in [0.05, 0.1) is 31.8 Å². The first kappa shape index (κ1) is 30.1. The smallest absolute Gasteiger partial charge is 0.323 e. The molecule has 0 saturated heterocycles. The second-order valence-electron chi connectivity index (χ2n) is 9.76. The Labute approximate surface area is 243 Å². The Bertz CT molecular complexity index is 1580. The van der Waals surface area contributed by atoms with Crippen LogP contribution in [0.2, 0.25) is 0 Å². The zero-order valence-corrected chi connectivity index (χ0v) is 23.8. The predicted molar refractivity (Wildman–Crippen MR) is 159 cm³/mol. The molecule has 2 unspecified atom stereocenters. The SMILES string of the molecule is Cc1ccccc1NC(=O)Nc1ccc(CC(=O)Nc2ccc(C(CC(=O)O)NS(=O)(=O)C3CN(C)C=N3)cn2)cc1. The number of amides is 3. The van der Waals surface area contributed by atoms with E-state index in [0.29, 0.717) is 22.5 Å². The van der Waals surface area contributed by atoms with Crippen LogP contribution in [0.4, 0.5) is 22.0 Å². The lowest BCUT2D eigenvalue weighted by Crippen LogP contribution is -2.39. The number of carboxylic acids is 1. The Balaban J connectivity index is 1.31. The van der Waals surface area contributed by atoms with Crippen LogP contribution in [0.5, 0.6) is 0 Å². The summed E-state index contributed by atoms with van der Waals surface area (Å²) < 4.78 is 27.9. The number of hydrogen-bond acceptors (Lipinski definition) is 8. The molecular formula is C28H31N7O6S. The third-order valence-corrected chi connectivity index (χ3v) is 7.94. The maximum atomic E-state index is 12.7. The van der Waals surface area contributed by atoms with E-state index in [-0.39, 0.29) is 30.7 Å². The van der Waals surface area contributed by atoms with Gasteiger partial charge in [0.2, 0.25) is 15.9 Å². The summed E-state index contributed by atoms with van der Waals surface area (Å²) in [5.41, 5.74) is 3.22. The van der Waals surface area contributed by atoms with Crippen molar-refractivity contribution >= 4 is 51.5 Å². The molecule has 0 saturated carbocycles. The number of urea groups is 1. The molecule has 14 heteroatoms. The molecule has 3 aromatic rings. The van der Waals surface area contributed by atoms with Crippen LogP contribution >= 0.6 is 0 Å². The van der Waals surface area contributed by atoms with Gasteiger partial charge in [0, 0.05) is 24.6 Å². The summed E-state index contributed by atoms with van der Waals surface area (Å²) in [6.45, 7) is 2.05. The Morgan fingerprint density at radius 1 is 1.02 bits per heavy atom. The quantitative estimate of drug-likeness (QED) is 0.225. The zero-order chi connectivity index (χ0) is 30.3. The number of carbonyl (C=O) groups excluding carboxylic acids is 2. The minimum absolute atomic E-state index is 0.0386. The lowest BCUT2D eigenvalue weighted by Gasteiger charge is -2.20. The van der Waals surface area contributed by atoms with E-state index in [0.717, 1.165) is 5.56 Å². The van der Waals surface area contributed by atoms with E-state index < -0.39 is 33.8 Å². The van der Waals surface area contributed by atoms with E-state index in [1.165, 1.54) is 24.7 Å². The maximum Gasteiger partial charge on any atom is 0.323 e. The molecule has 220 valence electrons. The number of anilines is 3. The lowest BCUT2D eigenvalue weighted by atomic mass is 10.1. The highest BCUT2D eigenvalue weighted by atomic mass is 32.2. The van der Waals surface area contributed by atoms with Crippen LogP contribution in [0, 0.1) is 6.92 Å². The lowest BCUT2D eigenvalue weighted by molar-refractivity contribution is -0.137. The molecule has 42 heavy (non-hydrogen) atoms. The average molecular weight is 594 g/mol. The normalized spacial score (nSPS) is 15.2. The van der Waals surface area contributed by atoms with Gasteiger partial charge in [-0.05, 0) is 47.9 Å². The average Bonchev–Trinajstić information content (AvgIpc) is 3.38. The molecule has 2 heterocycles. The summed E-state index contributed by atoms with van der Waals surface area (Å²) in [7, 11) is -2.27. The number of sulfonamides is 1. The number of aliphatic carboxylic acids is 1.